The van der Waals surface area contributed by atoms with Crippen molar-refractivity contribution < 1.29 is 22.7 Å². The third-order valence-corrected chi connectivity index (χ3v) is 5.87. The first-order valence-electron chi connectivity index (χ1n) is 8.66. The van der Waals surface area contributed by atoms with Gasteiger partial charge in [-0.1, -0.05) is 6.07 Å². The standard InChI is InChI=1S/C17H24N2O5S/c20-17(18-11-14-5-2-8-23-14)13-4-1-7-16(10-13)25(21,22)19-12-15-6-3-9-24-15/h1,4,7,10,14-15,19H,2-3,5-6,8-9,11-12H2,(H,18,20). The Hall–Kier alpha value is -1.48. The molecule has 1 amide bonds. The molecule has 138 valence electrons. The Morgan fingerprint density at radius 2 is 1.76 bits per heavy atom. The number of benzene rings is 1. The topological polar surface area (TPSA) is 93.7 Å². The summed E-state index contributed by atoms with van der Waals surface area (Å²) in [7, 11) is -3.67. The van der Waals surface area contributed by atoms with Crippen LogP contribution in [0.25, 0.3) is 0 Å². The number of nitrogens with one attached hydrogen (secondary N) is 2. The third-order valence-electron chi connectivity index (χ3n) is 4.45. The molecule has 0 spiro atoms. The maximum Gasteiger partial charge on any atom is 0.251 e. The van der Waals surface area contributed by atoms with Crippen molar-refractivity contribution in [3.63, 3.8) is 0 Å². The van der Waals surface area contributed by atoms with Crippen molar-refractivity contribution in [1.29, 1.82) is 0 Å². The number of hydrogen-bond donors (Lipinski definition) is 2. The van der Waals surface area contributed by atoms with Crippen LogP contribution < -0.4 is 10.0 Å². The van der Waals surface area contributed by atoms with Crippen molar-refractivity contribution in [2.45, 2.75) is 42.8 Å². The number of rotatable bonds is 7. The summed E-state index contributed by atoms with van der Waals surface area (Å²) in [5.74, 6) is -0.299. The molecule has 2 fully saturated rings. The quantitative estimate of drug-likeness (QED) is 0.750. The SMILES string of the molecule is O=C(NCC1CCCO1)c1cccc(S(=O)(=O)NCC2CCCO2)c1. The highest BCUT2D eigenvalue weighted by molar-refractivity contribution is 7.89. The van der Waals surface area contributed by atoms with Gasteiger partial charge in [-0.3, -0.25) is 4.79 Å². The molecular formula is C17H24N2O5S. The predicted molar refractivity (Wildman–Crippen MR) is 91.9 cm³/mol. The number of amides is 1. The van der Waals surface area contributed by atoms with Crippen LogP contribution in [0.15, 0.2) is 29.2 Å². The number of carbonyl (C=O) groups excluding carboxylic acids is 1. The van der Waals surface area contributed by atoms with Crippen LogP contribution in [0.3, 0.4) is 0 Å². The molecule has 1 aromatic carbocycles. The second kappa shape index (κ2) is 8.27. The van der Waals surface area contributed by atoms with E-state index >= 15 is 0 Å². The molecule has 2 unspecified atom stereocenters. The van der Waals surface area contributed by atoms with Crippen LogP contribution in [-0.4, -0.2) is 52.8 Å². The van der Waals surface area contributed by atoms with E-state index in [4.69, 9.17) is 9.47 Å². The monoisotopic (exact) mass is 368 g/mol. The Bertz CT molecular complexity index is 695. The zero-order valence-corrected chi connectivity index (χ0v) is 14.9. The summed E-state index contributed by atoms with van der Waals surface area (Å²) in [5, 5.41) is 2.80. The lowest BCUT2D eigenvalue weighted by Crippen LogP contribution is -2.33. The van der Waals surface area contributed by atoms with Gasteiger partial charge in [-0.05, 0) is 43.9 Å². The van der Waals surface area contributed by atoms with Gasteiger partial charge in [-0.15, -0.1) is 0 Å². The molecular weight excluding hydrogens is 344 g/mol. The summed E-state index contributed by atoms with van der Waals surface area (Å²) in [6, 6.07) is 6.04. The molecule has 7 nitrogen and oxygen atoms in total. The van der Waals surface area contributed by atoms with Crippen LogP contribution in [0.5, 0.6) is 0 Å². The first-order chi connectivity index (χ1) is 12.0. The molecule has 25 heavy (non-hydrogen) atoms. The van der Waals surface area contributed by atoms with E-state index in [1.807, 2.05) is 0 Å². The average molecular weight is 368 g/mol. The Morgan fingerprint density at radius 1 is 1.08 bits per heavy atom. The van der Waals surface area contributed by atoms with Crippen molar-refractivity contribution in [3.8, 4) is 0 Å². The summed E-state index contributed by atoms with van der Waals surface area (Å²) in [6.07, 6.45) is 3.71. The van der Waals surface area contributed by atoms with Gasteiger partial charge in [-0.25, -0.2) is 13.1 Å². The van der Waals surface area contributed by atoms with E-state index in [1.54, 1.807) is 12.1 Å². The van der Waals surface area contributed by atoms with Gasteiger partial charge in [0.05, 0.1) is 17.1 Å². The molecule has 0 radical (unpaired) electrons. The maximum absolute atomic E-state index is 12.4. The Morgan fingerprint density at radius 3 is 2.40 bits per heavy atom. The first-order valence-corrected chi connectivity index (χ1v) is 10.1. The summed E-state index contributed by atoms with van der Waals surface area (Å²) >= 11 is 0. The van der Waals surface area contributed by atoms with Gasteiger partial charge in [-0.2, -0.15) is 0 Å². The van der Waals surface area contributed by atoms with Crippen LogP contribution in [0.1, 0.15) is 36.0 Å². The minimum Gasteiger partial charge on any atom is -0.377 e. The highest BCUT2D eigenvalue weighted by atomic mass is 32.2. The van der Waals surface area contributed by atoms with Gasteiger partial charge < -0.3 is 14.8 Å². The van der Waals surface area contributed by atoms with Gasteiger partial charge in [0.15, 0.2) is 0 Å². The fourth-order valence-corrected chi connectivity index (χ4v) is 4.12. The second-order valence-corrected chi connectivity index (χ2v) is 8.13. The van der Waals surface area contributed by atoms with Gasteiger partial charge >= 0.3 is 0 Å². The highest BCUT2D eigenvalue weighted by Crippen LogP contribution is 2.15. The normalized spacial score (nSPS) is 23.7. The average Bonchev–Trinajstić information content (AvgIpc) is 3.31. The number of carbonyl (C=O) groups is 1. The third kappa shape index (κ3) is 5.01. The molecule has 3 rings (SSSR count). The zero-order valence-electron chi connectivity index (χ0n) is 14.1. The fourth-order valence-electron chi connectivity index (χ4n) is 3.01. The van der Waals surface area contributed by atoms with Crippen molar-refractivity contribution in [2.24, 2.45) is 0 Å². The molecule has 2 saturated heterocycles. The van der Waals surface area contributed by atoms with Crippen molar-refractivity contribution in [2.75, 3.05) is 26.3 Å². The Labute approximate surface area is 148 Å². The predicted octanol–water partition coefficient (Wildman–Crippen LogP) is 1.05. The Kier molecular flexibility index (Phi) is 6.06. The summed E-state index contributed by atoms with van der Waals surface area (Å²) in [4.78, 5) is 12.3. The van der Waals surface area contributed by atoms with E-state index in [0.29, 0.717) is 18.7 Å². The molecule has 2 atom stereocenters. The van der Waals surface area contributed by atoms with Gasteiger partial charge in [0.2, 0.25) is 10.0 Å². The lowest BCUT2D eigenvalue weighted by atomic mass is 10.2. The molecule has 0 aromatic heterocycles. The lowest BCUT2D eigenvalue weighted by molar-refractivity contribution is 0.0857. The minimum atomic E-state index is -3.67. The number of hydrogen-bond acceptors (Lipinski definition) is 5. The molecule has 2 heterocycles. The molecule has 2 aliphatic rings. The minimum absolute atomic E-state index is 0.0453. The largest absolute Gasteiger partial charge is 0.377 e. The van der Waals surface area contributed by atoms with E-state index in [1.165, 1.54) is 12.1 Å². The van der Waals surface area contributed by atoms with Gasteiger partial charge in [0, 0.05) is 31.9 Å². The summed E-state index contributed by atoms with van der Waals surface area (Å²) in [6.45, 7) is 2.09. The van der Waals surface area contributed by atoms with Crippen LogP contribution in [0.2, 0.25) is 0 Å². The van der Waals surface area contributed by atoms with E-state index < -0.39 is 10.0 Å². The van der Waals surface area contributed by atoms with Crippen molar-refractivity contribution in [1.82, 2.24) is 10.0 Å². The smallest absolute Gasteiger partial charge is 0.251 e. The van der Waals surface area contributed by atoms with Crippen LogP contribution >= 0.6 is 0 Å². The molecule has 0 aliphatic carbocycles. The van der Waals surface area contributed by atoms with Gasteiger partial charge in [0.1, 0.15) is 0 Å². The van der Waals surface area contributed by atoms with Crippen molar-refractivity contribution >= 4 is 15.9 Å². The molecule has 0 saturated carbocycles. The molecule has 1 aromatic rings. The van der Waals surface area contributed by atoms with E-state index in [9.17, 15) is 13.2 Å². The van der Waals surface area contributed by atoms with E-state index in [-0.39, 0.29) is 29.6 Å². The summed E-state index contributed by atoms with van der Waals surface area (Å²) < 4.78 is 38.3. The van der Waals surface area contributed by atoms with Crippen LogP contribution in [0.4, 0.5) is 0 Å². The molecule has 0 bridgehead atoms. The molecule has 8 heteroatoms. The Balaban J connectivity index is 1.59. The van der Waals surface area contributed by atoms with Gasteiger partial charge in [0.25, 0.3) is 5.91 Å². The number of sulfonamides is 1. The second-order valence-electron chi connectivity index (χ2n) is 6.36. The molecule has 2 aliphatic heterocycles. The number of ether oxygens (including phenoxy) is 2. The van der Waals surface area contributed by atoms with E-state index in [0.717, 1.165) is 32.3 Å². The molecule has 2 N–H and O–H groups in total. The lowest BCUT2D eigenvalue weighted by Gasteiger charge is -2.13. The summed E-state index contributed by atoms with van der Waals surface area (Å²) in [5.41, 5.74) is 0.318. The van der Waals surface area contributed by atoms with Crippen LogP contribution in [0, 0.1) is 0 Å². The van der Waals surface area contributed by atoms with Crippen LogP contribution in [-0.2, 0) is 19.5 Å². The zero-order chi connectivity index (χ0) is 17.7. The highest BCUT2D eigenvalue weighted by Gasteiger charge is 2.21. The van der Waals surface area contributed by atoms with E-state index in [2.05, 4.69) is 10.0 Å². The first kappa shape index (κ1) is 18.3. The maximum atomic E-state index is 12.4. The fraction of sp³-hybridized carbons (Fsp3) is 0.588. The van der Waals surface area contributed by atoms with Crippen molar-refractivity contribution in [3.05, 3.63) is 29.8 Å².